The normalized spacial score (nSPS) is 18.6. The van der Waals surface area contributed by atoms with Crippen LogP contribution in [0.15, 0.2) is 53.4 Å². The molecule has 1 aliphatic rings. The van der Waals surface area contributed by atoms with E-state index in [9.17, 15) is 0 Å². The van der Waals surface area contributed by atoms with Crippen LogP contribution in [0.1, 0.15) is 24.1 Å². The minimum Gasteiger partial charge on any atom is -0.494 e. The van der Waals surface area contributed by atoms with Gasteiger partial charge in [0.25, 0.3) is 0 Å². The fourth-order valence-corrected chi connectivity index (χ4v) is 3.99. The van der Waals surface area contributed by atoms with Crippen LogP contribution < -0.4 is 10.5 Å². The fourth-order valence-electron chi connectivity index (χ4n) is 2.65. The van der Waals surface area contributed by atoms with Gasteiger partial charge < -0.3 is 10.5 Å². The van der Waals surface area contributed by atoms with Gasteiger partial charge in [-0.05, 0) is 31.0 Å². The number of hydrogen-bond donors (Lipinski definition) is 1. The molecular weight excluding hydrogens is 266 g/mol. The highest BCUT2D eigenvalue weighted by Crippen LogP contribution is 2.43. The maximum atomic E-state index is 6.51. The molecule has 0 aromatic heterocycles. The van der Waals surface area contributed by atoms with Crippen LogP contribution in [0.3, 0.4) is 0 Å². The first-order valence-electron chi connectivity index (χ1n) is 7.01. The van der Waals surface area contributed by atoms with Crippen molar-refractivity contribution in [3.63, 3.8) is 0 Å². The molecular formula is C17H19NOS. The standard InChI is InChI=1S/C17H19NOS/c1-2-19-14-9-5-4-8-13(14)17(18)16-11-12-7-3-6-10-15(12)20-16/h3-10,16-17H,2,11,18H2,1H3. The second kappa shape index (κ2) is 5.90. The lowest BCUT2D eigenvalue weighted by molar-refractivity contribution is 0.334. The predicted octanol–water partition coefficient (Wildman–Crippen LogP) is 3.80. The molecule has 2 unspecified atom stereocenters. The Morgan fingerprint density at radius 3 is 2.75 bits per heavy atom. The van der Waals surface area contributed by atoms with E-state index in [1.165, 1.54) is 10.5 Å². The minimum absolute atomic E-state index is 0.00449. The van der Waals surface area contributed by atoms with E-state index in [-0.39, 0.29) is 6.04 Å². The van der Waals surface area contributed by atoms with Gasteiger partial charge in [0.2, 0.25) is 0 Å². The molecule has 2 nitrogen and oxygen atoms in total. The van der Waals surface area contributed by atoms with Crippen LogP contribution in [-0.4, -0.2) is 11.9 Å². The predicted molar refractivity (Wildman–Crippen MR) is 84.3 cm³/mol. The topological polar surface area (TPSA) is 35.2 Å². The van der Waals surface area contributed by atoms with Crippen LogP contribution in [-0.2, 0) is 6.42 Å². The molecule has 0 saturated heterocycles. The van der Waals surface area contributed by atoms with E-state index < -0.39 is 0 Å². The van der Waals surface area contributed by atoms with Gasteiger partial charge in [0.05, 0.1) is 6.61 Å². The van der Waals surface area contributed by atoms with Gasteiger partial charge in [0.1, 0.15) is 5.75 Å². The average molecular weight is 285 g/mol. The summed E-state index contributed by atoms with van der Waals surface area (Å²) < 4.78 is 5.71. The number of rotatable bonds is 4. The monoisotopic (exact) mass is 285 g/mol. The Balaban J connectivity index is 1.83. The second-order valence-electron chi connectivity index (χ2n) is 4.96. The summed E-state index contributed by atoms with van der Waals surface area (Å²) in [6, 6.07) is 16.7. The Bertz CT molecular complexity index is 574. The molecule has 0 bridgehead atoms. The van der Waals surface area contributed by atoms with Gasteiger partial charge >= 0.3 is 0 Å². The second-order valence-corrected chi connectivity index (χ2v) is 6.25. The molecule has 0 saturated carbocycles. The van der Waals surface area contributed by atoms with Crippen LogP contribution in [0.5, 0.6) is 5.75 Å². The molecule has 2 aromatic carbocycles. The number of ether oxygens (including phenoxy) is 1. The van der Waals surface area contributed by atoms with Crippen molar-refractivity contribution in [1.29, 1.82) is 0 Å². The molecule has 0 amide bonds. The van der Waals surface area contributed by atoms with Crippen molar-refractivity contribution < 1.29 is 4.74 Å². The van der Waals surface area contributed by atoms with Gasteiger partial charge in [0, 0.05) is 21.8 Å². The van der Waals surface area contributed by atoms with Crippen molar-refractivity contribution in [3.8, 4) is 5.75 Å². The summed E-state index contributed by atoms with van der Waals surface area (Å²) in [5.74, 6) is 0.916. The van der Waals surface area contributed by atoms with Crippen molar-refractivity contribution >= 4 is 11.8 Å². The van der Waals surface area contributed by atoms with Crippen molar-refractivity contribution in [2.24, 2.45) is 5.73 Å². The lowest BCUT2D eigenvalue weighted by Gasteiger charge is -2.21. The summed E-state index contributed by atoms with van der Waals surface area (Å²) in [6.07, 6.45) is 1.03. The molecule has 1 aliphatic heterocycles. The van der Waals surface area contributed by atoms with E-state index in [0.717, 1.165) is 17.7 Å². The molecule has 2 aromatic rings. The molecule has 2 atom stereocenters. The summed E-state index contributed by atoms with van der Waals surface area (Å²) in [4.78, 5) is 1.36. The first kappa shape index (κ1) is 13.5. The first-order chi connectivity index (χ1) is 9.79. The zero-order valence-electron chi connectivity index (χ0n) is 11.6. The van der Waals surface area contributed by atoms with E-state index in [0.29, 0.717) is 11.9 Å². The molecule has 0 radical (unpaired) electrons. The molecule has 20 heavy (non-hydrogen) atoms. The van der Waals surface area contributed by atoms with E-state index in [1.807, 2.05) is 36.9 Å². The smallest absolute Gasteiger partial charge is 0.124 e. The van der Waals surface area contributed by atoms with Gasteiger partial charge in [-0.3, -0.25) is 0 Å². The highest BCUT2D eigenvalue weighted by atomic mass is 32.2. The van der Waals surface area contributed by atoms with Gasteiger partial charge in [-0.25, -0.2) is 0 Å². The number of hydrogen-bond acceptors (Lipinski definition) is 3. The van der Waals surface area contributed by atoms with Crippen molar-refractivity contribution in [2.45, 2.75) is 29.5 Å². The summed E-state index contributed by atoms with van der Waals surface area (Å²) in [6.45, 7) is 2.67. The van der Waals surface area contributed by atoms with Gasteiger partial charge in [-0.15, -0.1) is 11.8 Å². The summed E-state index contributed by atoms with van der Waals surface area (Å²) in [5.41, 5.74) is 9.03. The summed E-state index contributed by atoms with van der Waals surface area (Å²) in [7, 11) is 0. The molecule has 3 heteroatoms. The third-order valence-electron chi connectivity index (χ3n) is 3.65. The Kier molecular flexibility index (Phi) is 3.99. The van der Waals surface area contributed by atoms with Crippen LogP contribution in [0, 0.1) is 0 Å². The maximum absolute atomic E-state index is 6.51. The van der Waals surface area contributed by atoms with E-state index in [2.05, 4.69) is 30.3 Å². The summed E-state index contributed by atoms with van der Waals surface area (Å²) in [5, 5.41) is 0.383. The zero-order valence-corrected chi connectivity index (χ0v) is 12.4. The molecule has 0 aliphatic carbocycles. The van der Waals surface area contributed by atoms with Crippen LogP contribution in [0.25, 0.3) is 0 Å². The number of thioether (sulfide) groups is 1. The molecule has 0 spiro atoms. The Morgan fingerprint density at radius 2 is 1.95 bits per heavy atom. The van der Waals surface area contributed by atoms with Crippen molar-refractivity contribution in [1.82, 2.24) is 0 Å². The van der Waals surface area contributed by atoms with Crippen molar-refractivity contribution in [3.05, 3.63) is 59.7 Å². The van der Waals surface area contributed by atoms with Crippen LogP contribution in [0.2, 0.25) is 0 Å². The molecule has 1 heterocycles. The van der Waals surface area contributed by atoms with Gasteiger partial charge in [-0.2, -0.15) is 0 Å². The van der Waals surface area contributed by atoms with E-state index >= 15 is 0 Å². The van der Waals surface area contributed by atoms with E-state index in [4.69, 9.17) is 10.5 Å². The number of benzene rings is 2. The number of para-hydroxylation sites is 1. The lowest BCUT2D eigenvalue weighted by Crippen LogP contribution is -2.24. The highest BCUT2D eigenvalue weighted by Gasteiger charge is 2.29. The van der Waals surface area contributed by atoms with Crippen LogP contribution >= 0.6 is 11.8 Å². The quantitative estimate of drug-likeness (QED) is 0.928. The lowest BCUT2D eigenvalue weighted by atomic mass is 9.99. The number of fused-ring (bicyclic) bond motifs is 1. The average Bonchev–Trinajstić information content (AvgIpc) is 2.91. The minimum atomic E-state index is -0.00449. The molecule has 104 valence electrons. The fraction of sp³-hybridized carbons (Fsp3) is 0.294. The SMILES string of the molecule is CCOc1ccccc1C(N)C1Cc2ccccc2S1. The Morgan fingerprint density at radius 1 is 1.20 bits per heavy atom. The highest BCUT2D eigenvalue weighted by molar-refractivity contribution is 8.00. The third kappa shape index (κ3) is 2.56. The van der Waals surface area contributed by atoms with Gasteiger partial charge in [0.15, 0.2) is 0 Å². The maximum Gasteiger partial charge on any atom is 0.124 e. The Hall–Kier alpha value is -1.45. The first-order valence-corrected chi connectivity index (χ1v) is 7.89. The third-order valence-corrected chi connectivity index (χ3v) is 5.07. The molecule has 2 N–H and O–H groups in total. The van der Waals surface area contributed by atoms with Crippen LogP contribution in [0.4, 0.5) is 0 Å². The molecule has 0 fully saturated rings. The zero-order chi connectivity index (χ0) is 13.9. The van der Waals surface area contributed by atoms with Crippen molar-refractivity contribution in [2.75, 3.05) is 6.61 Å². The van der Waals surface area contributed by atoms with Gasteiger partial charge in [-0.1, -0.05) is 36.4 Å². The summed E-state index contributed by atoms with van der Waals surface area (Å²) >= 11 is 1.89. The Labute approximate surface area is 124 Å². The largest absolute Gasteiger partial charge is 0.494 e. The van der Waals surface area contributed by atoms with E-state index in [1.54, 1.807) is 0 Å². The number of nitrogens with two attached hydrogens (primary N) is 1. The molecule has 3 rings (SSSR count).